The van der Waals surface area contributed by atoms with Crippen molar-refractivity contribution in [3.05, 3.63) is 71.0 Å². The van der Waals surface area contributed by atoms with Crippen molar-refractivity contribution < 1.29 is 14.0 Å². The first-order valence-electron chi connectivity index (χ1n) is 9.92. The van der Waals surface area contributed by atoms with E-state index >= 15 is 0 Å². The van der Waals surface area contributed by atoms with Crippen LogP contribution in [0.3, 0.4) is 0 Å². The molecule has 0 N–H and O–H groups in total. The predicted octanol–water partition coefficient (Wildman–Crippen LogP) is 4.46. The number of carbonyl (C=O) groups is 2. The molecule has 1 aliphatic heterocycles. The minimum absolute atomic E-state index is 0.305. The van der Waals surface area contributed by atoms with Gasteiger partial charge in [-0.2, -0.15) is 5.10 Å². The number of benzene rings is 2. The van der Waals surface area contributed by atoms with E-state index in [2.05, 4.69) is 0 Å². The summed E-state index contributed by atoms with van der Waals surface area (Å²) in [5.41, 5.74) is 3.32. The van der Waals surface area contributed by atoms with Crippen LogP contribution in [0, 0.1) is 11.7 Å². The largest absolute Gasteiger partial charge is 0.268 e. The van der Waals surface area contributed by atoms with E-state index in [0.29, 0.717) is 29.3 Å². The molecule has 0 radical (unpaired) electrons. The third-order valence-corrected chi connectivity index (χ3v) is 5.63. The molecule has 5 rings (SSSR count). The van der Waals surface area contributed by atoms with Gasteiger partial charge in [0.05, 0.1) is 16.8 Å². The Hall–Kier alpha value is -3.28. The highest BCUT2D eigenvalue weighted by atomic mass is 19.1. The number of hydrogen-bond acceptors (Lipinski definition) is 3. The lowest BCUT2D eigenvalue weighted by Gasteiger charge is -2.12. The van der Waals surface area contributed by atoms with Gasteiger partial charge < -0.3 is 0 Å². The van der Waals surface area contributed by atoms with Gasteiger partial charge >= 0.3 is 0 Å². The molecule has 2 aliphatic rings. The van der Waals surface area contributed by atoms with Crippen LogP contribution >= 0.6 is 0 Å². The normalized spacial score (nSPS) is 15.9. The van der Waals surface area contributed by atoms with Crippen LogP contribution in [0.2, 0.25) is 0 Å². The molecule has 5 nitrogen and oxygen atoms in total. The molecule has 2 aromatic carbocycles. The van der Waals surface area contributed by atoms with Gasteiger partial charge in [0.15, 0.2) is 5.82 Å². The number of aromatic nitrogens is 2. The zero-order valence-corrected chi connectivity index (χ0v) is 16.1. The predicted molar refractivity (Wildman–Crippen MR) is 107 cm³/mol. The van der Waals surface area contributed by atoms with Crippen molar-refractivity contribution in [1.82, 2.24) is 9.78 Å². The zero-order chi connectivity index (χ0) is 20.1. The molecular formula is C23H20FN3O2. The van der Waals surface area contributed by atoms with Crippen molar-refractivity contribution in [3.63, 3.8) is 0 Å². The fourth-order valence-corrected chi connectivity index (χ4v) is 3.98. The molecule has 1 fully saturated rings. The van der Waals surface area contributed by atoms with E-state index in [1.54, 1.807) is 36.4 Å². The van der Waals surface area contributed by atoms with Crippen molar-refractivity contribution in [3.8, 4) is 11.3 Å². The fraction of sp³-hybridized carbons (Fsp3) is 0.261. The second kappa shape index (κ2) is 6.65. The number of imide groups is 1. The average Bonchev–Trinajstić information content (AvgIpc) is 3.43. The highest BCUT2D eigenvalue weighted by molar-refractivity contribution is 6.34. The highest BCUT2D eigenvalue weighted by Crippen LogP contribution is 2.38. The Morgan fingerprint density at radius 3 is 2.17 bits per heavy atom. The van der Waals surface area contributed by atoms with Crippen molar-refractivity contribution in [1.29, 1.82) is 0 Å². The fourth-order valence-electron chi connectivity index (χ4n) is 3.98. The second-order valence-electron chi connectivity index (χ2n) is 7.63. The van der Waals surface area contributed by atoms with Crippen molar-refractivity contribution in [2.45, 2.75) is 32.7 Å². The quantitative estimate of drug-likeness (QED) is 0.606. The van der Waals surface area contributed by atoms with Gasteiger partial charge in [0, 0.05) is 17.7 Å². The number of carbonyl (C=O) groups excluding carboxylic acids is 2. The van der Waals surface area contributed by atoms with Gasteiger partial charge in [-0.1, -0.05) is 19.1 Å². The first kappa shape index (κ1) is 17.8. The van der Waals surface area contributed by atoms with Crippen LogP contribution in [-0.4, -0.2) is 21.6 Å². The molecule has 0 unspecified atom stereocenters. The summed E-state index contributed by atoms with van der Waals surface area (Å²) in [7, 11) is 0. The number of nitrogens with zero attached hydrogens (tertiary/aromatic N) is 3. The van der Waals surface area contributed by atoms with Crippen molar-refractivity contribution in [2.24, 2.45) is 5.92 Å². The minimum atomic E-state index is -0.345. The standard InChI is InChI=1S/C23H20FN3O2/c1-2-17-20(15-9-11-16(24)12-10-15)26(13-14-7-8-14)25-21(17)27-22(28)18-5-3-4-6-19(18)23(27)29/h3-6,9-12,14H,2,7-8,13H2,1H3. The van der Waals surface area contributed by atoms with Gasteiger partial charge in [0.2, 0.25) is 0 Å². The number of amides is 2. The highest BCUT2D eigenvalue weighted by Gasteiger charge is 2.40. The zero-order valence-electron chi connectivity index (χ0n) is 16.1. The maximum Gasteiger partial charge on any atom is 0.267 e. The summed E-state index contributed by atoms with van der Waals surface area (Å²) in [5.74, 6) is -0.0582. The molecule has 2 heterocycles. The van der Waals surface area contributed by atoms with Crippen LogP contribution in [0.1, 0.15) is 46.0 Å². The van der Waals surface area contributed by atoms with Gasteiger partial charge in [0.1, 0.15) is 5.82 Å². The van der Waals surface area contributed by atoms with Crippen LogP contribution in [0.15, 0.2) is 48.5 Å². The monoisotopic (exact) mass is 389 g/mol. The van der Waals surface area contributed by atoms with E-state index in [0.717, 1.165) is 36.2 Å². The van der Waals surface area contributed by atoms with Gasteiger partial charge in [-0.25, -0.2) is 9.29 Å². The summed E-state index contributed by atoms with van der Waals surface area (Å²) in [4.78, 5) is 27.2. The van der Waals surface area contributed by atoms with E-state index in [-0.39, 0.29) is 17.6 Å². The third-order valence-electron chi connectivity index (χ3n) is 5.63. The Kier molecular flexibility index (Phi) is 4.08. The summed E-state index contributed by atoms with van der Waals surface area (Å²) in [6, 6.07) is 13.1. The van der Waals surface area contributed by atoms with E-state index in [4.69, 9.17) is 5.10 Å². The van der Waals surface area contributed by atoms with E-state index in [1.165, 1.54) is 17.0 Å². The SMILES string of the molecule is CCc1c(N2C(=O)c3ccccc3C2=O)nn(CC2CC2)c1-c1ccc(F)cc1. The molecule has 0 bridgehead atoms. The molecule has 1 aliphatic carbocycles. The van der Waals surface area contributed by atoms with E-state index < -0.39 is 0 Å². The second-order valence-corrected chi connectivity index (χ2v) is 7.63. The van der Waals surface area contributed by atoms with Gasteiger partial charge in [0.25, 0.3) is 11.8 Å². The Labute approximate surface area is 167 Å². The van der Waals surface area contributed by atoms with Crippen LogP contribution < -0.4 is 4.90 Å². The molecule has 3 aromatic rings. The first-order chi connectivity index (χ1) is 14.1. The smallest absolute Gasteiger partial charge is 0.267 e. The minimum Gasteiger partial charge on any atom is -0.268 e. The lowest BCUT2D eigenvalue weighted by molar-refractivity contribution is 0.0924. The number of hydrogen-bond donors (Lipinski definition) is 0. The van der Waals surface area contributed by atoms with Gasteiger partial charge in [-0.3, -0.25) is 14.3 Å². The maximum absolute atomic E-state index is 13.5. The molecule has 0 atom stereocenters. The molecule has 2 amide bonds. The summed E-state index contributed by atoms with van der Waals surface area (Å²) in [6.07, 6.45) is 2.89. The molecule has 1 saturated carbocycles. The molecule has 29 heavy (non-hydrogen) atoms. The van der Waals surface area contributed by atoms with Crippen LogP contribution in [0.25, 0.3) is 11.3 Å². The van der Waals surface area contributed by atoms with Crippen molar-refractivity contribution in [2.75, 3.05) is 4.90 Å². The molecule has 0 spiro atoms. The summed E-state index contributed by atoms with van der Waals surface area (Å²) < 4.78 is 15.4. The van der Waals surface area contributed by atoms with Crippen LogP contribution in [0.5, 0.6) is 0 Å². The lowest BCUT2D eigenvalue weighted by atomic mass is 10.0. The van der Waals surface area contributed by atoms with E-state index in [9.17, 15) is 14.0 Å². The average molecular weight is 389 g/mol. The Balaban J connectivity index is 1.67. The van der Waals surface area contributed by atoms with Crippen LogP contribution in [-0.2, 0) is 13.0 Å². The Morgan fingerprint density at radius 2 is 1.62 bits per heavy atom. The molecule has 6 heteroatoms. The third kappa shape index (κ3) is 2.87. The molecule has 1 aromatic heterocycles. The van der Waals surface area contributed by atoms with Gasteiger partial charge in [-0.05, 0) is 61.6 Å². The molecule has 146 valence electrons. The number of halogens is 1. The lowest BCUT2D eigenvalue weighted by Crippen LogP contribution is -2.30. The van der Waals surface area contributed by atoms with Gasteiger partial charge in [-0.15, -0.1) is 0 Å². The van der Waals surface area contributed by atoms with E-state index in [1.807, 2.05) is 11.6 Å². The Morgan fingerprint density at radius 1 is 1.00 bits per heavy atom. The number of fused-ring (bicyclic) bond motifs is 1. The Bertz CT molecular complexity index is 1090. The first-order valence-corrected chi connectivity index (χ1v) is 9.92. The summed E-state index contributed by atoms with van der Waals surface area (Å²) in [5, 5.41) is 4.73. The van der Waals surface area contributed by atoms with Crippen LogP contribution in [0.4, 0.5) is 10.2 Å². The van der Waals surface area contributed by atoms with Crippen molar-refractivity contribution >= 4 is 17.6 Å². The summed E-state index contributed by atoms with van der Waals surface area (Å²) in [6.45, 7) is 2.70. The molecule has 0 saturated heterocycles. The summed E-state index contributed by atoms with van der Waals surface area (Å²) >= 11 is 0. The maximum atomic E-state index is 13.5. The molecular weight excluding hydrogens is 369 g/mol. The number of rotatable bonds is 5. The number of anilines is 1. The topological polar surface area (TPSA) is 55.2 Å².